The van der Waals surface area contributed by atoms with E-state index in [0.29, 0.717) is 18.6 Å². The molecule has 4 nitrogen and oxygen atoms in total. The third kappa shape index (κ3) is 4.18. The Morgan fingerprint density at radius 1 is 1.28 bits per heavy atom. The Bertz CT molecular complexity index is 503. The highest BCUT2D eigenvalue weighted by Crippen LogP contribution is 2.27. The second-order valence-electron chi connectivity index (χ2n) is 3.46. The minimum Gasteiger partial charge on any atom is -0.466 e. The maximum absolute atomic E-state index is 11.4. The average Bonchev–Trinajstić information content (AvgIpc) is 2.21. The van der Waals surface area contributed by atoms with Gasteiger partial charge in [-0.15, -0.1) is 0 Å². The van der Waals surface area contributed by atoms with Gasteiger partial charge < -0.3 is 10.5 Å². The molecule has 1 amide bonds. The summed E-state index contributed by atoms with van der Waals surface area (Å²) in [5.74, 6) is -0.741. The van der Waals surface area contributed by atoms with Gasteiger partial charge in [0.05, 0.1) is 12.2 Å². The van der Waals surface area contributed by atoms with Crippen LogP contribution in [0.25, 0.3) is 0 Å². The highest BCUT2D eigenvalue weighted by molar-refractivity contribution is 14.1. The molecular weight excluding hydrogens is 575 g/mol. The number of nitrogens with two attached hydrogens (primary N) is 1. The van der Waals surface area contributed by atoms with Gasteiger partial charge in [-0.2, -0.15) is 0 Å². The van der Waals surface area contributed by atoms with Gasteiger partial charge >= 0.3 is 5.97 Å². The third-order valence-electron chi connectivity index (χ3n) is 2.17. The molecule has 0 aromatic heterocycles. The zero-order chi connectivity index (χ0) is 13.9. The number of benzene rings is 1. The predicted octanol–water partition coefficient (Wildman–Crippen LogP) is 2.70. The summed E-state index contributed by atoms with van der Waals surface area (Å²) < 4.78 is 7.64. The monoisotopic (exact) mass is 585 g/mol. The number of halogens is 3. The summed E-state index contributed by atoms with van der Waals surface area (Å²) in [6, 6.07) is 1.91. The molecule has 0 heterocycles. The Kier molecular flexibility index (Phi) is 6.58. The van der Waals surface area contributed by atoms with Gasteiger partial charge in [0.25, 0.3) is 5.91 Å². The molecule has 1 rings (SSSR count). The Hall–Kier alpha value is 0.350. The van der Waals surface area contributed by atoms with Crippen LogP contribution in [0.5, 0.6) is 0 Å². The number of amides is 1. The Morgan fingerprint density at radius 2 is 1.89 bits per heavy atom. The van der Waals surface area contributed by atoms with Crippen LogP contribution in [-0.4, -0.2) is 18.5 Å². The number of hydrogen-bond donors (Lipinski definition) is 1. The second kappa shape index (κ2) is 7.22. The molecule has 0 saturated heterocycles. The minimum absolute atomic E-state index is 0.305. The van der Waals surface area contributed by atoms with Gasteiger partial charge in [0.1, 0.15) is 0 Å². The van der Waals surface area contributed by atoms with Gasteiger partial charge in [-0.05, 0) is 79.4 Å². The van der Waals surface area contributed by atoms with E-state index in [9.17, 15) is 9.59 Å². The molecule has 0 spiro atoms. The summed E-state index contributed by atoms with van der Waals surface area (Å²) in [6.45, 7) is 1.68. The average molecular weight is 585 g/mol. The van der Waals surface area contributed by atoms with Crippen LogP contribution >= 0.6 is 67.8 Å². The van der Waals surface area contributed by atoms with E-state index in [0.717, 1.165) is 16.3 Å². The van der Waals surface area contributed by atoms with Crippen LogP contribution in [0.3, 0.4) is 0 Å². The first-order valence-electron chi connectivity index (χ1n) is 4.94. The van der Waals surface area contributed by atoms with Crippen molar-refractivity contribution in [2.45, 2.75) is 13.3 Å². The Labute approximate surface area is 146 Å². The summed E-state index contributed by atoms with van der Waals surface area (Å²) in [6.07, 6.45) is 0.577. The van der Waals surface area contributed by atoms with Crippen LogP contribution in [-0.2, 0) is 16.0 Å². The largest absolute Gasteiger partial charge is 0.466 e. The van der Waals surface area contributed by atoms with Gasteiger partial charge in [0.15, 0.2) is 0 Å². The van der Waals surface area contributed by atoms with E-state index in [1.807, 2.05) is 6.07 Å². The molecule has 0 aliphatic rings. The topological polar surface area (TPSA) is 69.4 Å². The van der Waals surface area contributed by atoms with Crippen molar-refractivity contribution in [1.82, 2.24) is 0 Å². The van der Waals surface area contributed by atoms with Crippen LogP contribution in [0.2, 0.25) is 0 Å². The molecule has 0 saturated carbocycles. The van der Waals surface area contributed by atoms with Crippen molar-refractivity contribution in [2.75, 3.05) is 6.61 Å². The fourth-order valence-electron chi connectivity index (χ4n) is 1.38. The number of esters is 1. The van der Waals surface area contributed by atoms with E-state index >= 15 is 0 Å². The highest BCUT2D eigenvalue weighted by Gasteiger charge is 2.17. The van der Waals surface area contributed by atoms with Gasteiger partial charge in [0, 0.05) is 24.1 Å². The van der Waals surface area contributed by atoms with Crippen molar-refractivity contribution in [1.29, 1.82) is 0 Å². The second-order valence-corrected chi connectivity index (χ2v) is 6.87. The first-order valence-corrected chi connectivity index (χ1v) is 8.17. The van der Waals surface area contributed by atoms with Crippen molar-refractivity contribution in [3.63, 3.8) is 0 Å². The molecule has 18 heavy (non-hydrogen) atoms. The molecule has 0 radical (unpaired) electrons. The lowest BCUT2D eigenvalue weighted by atomic mass is 10.1. The quantitative estimate of drug-likeness (QED) is 0.437. The van der Waals surface area contributed by atoms with Crippen molar-refractivity contribution < 1.29 is 14.3 Å². The van der Waals surface area contributed by atoms with E-state index in [2.05, 4.69) is 67.8 Å². The van der Waals surface area contributed by atoms with E-state index in [-0.39, 0.29) is 5.97 Å². The van der Waals surface area contributed by atoms with Gasteiger partial charge in [0.2, 0.25) is 0 Å². The molecule has 1 aromatic rings. The smallest absolute Gasteiger partial charge is 0.302 e. The summed E-state index contributed by atoms with van der Waals surface area (Å²) in [5, 5.41) is 0. The number of ether oxygens (including phenoxy) is 1. The van der Waals surface area contributed by atoms with Crippen molar-refractivity contribution >= 4 is 79.6 Å². The molecule has 2 N–H and O–H groups in total. The molecule has 0 atom stereocenters. The fraction of sp³-hybridized carbons (Fsp3) is 0.273. The van der Waals surface area contributed by atoms with Crippen molar-refractivity contribution in [3.8, 4) is 0 Å². The van der Waals surface area contributed by atoms with Crippen molar-refractivity contribution in [2.24, 2.45) is 5.73 Å². The lowest BCUT2D eigenvalue weighted by Gasteiger charge is -2.12. The maximum atomic E-state index is 11.4. The molecule has 0 unspecified atom stereocenters. The standard InChI is InChI=1S/C11H10I3NO3/c1-5(16)18-3-2-6-7(12)4-8(13)9(10(6)14)11(15)17/h4H,2-3H2,1H3,(H2,15,17). The lowest BCUT2D eigenvalue weighted by molar-refractivity contribution is -0.140. The van der Waals surface area contributed by atoms with Crippen LogP contribution in [0, 0.1) is 10.7 Å². The predicted molar refractivity (Wildman–Crippen MR) is 93.4 cm³/mol. The molecule has 0 fully saturated rings. The molecule has 7 heteroatoms. The van der Waals surface area contributed by atoms with Gasteiger partial charge in [-0.3, -0.25) is 9.59 Å². The van der Waals surface area contributed by atoms with E-state index < -0.39 is 5.91 Å². The summed E-state index contributed by atoms with van der Waals surface area (Å²) in [5.41, 5.74) is 6.90. The first-order chi connectivity index (χ1) is 8.34. The van der Waals surface area contributed by atoms with Crippen molar-refractivity contribution in [3.05, 3.63) is 27.9 Å². The zero-order valence-electron chi connectivity index (χ0n) is 9.43. The van der Waals surface area contributed by atoms with Crippen LogP contribution in [0.15, 0.2) is 6.07 Å². The minimum atomic E-state index is -0.436. The molecule has 1 aromatic carbocycles. The van der Waals surface area contributed by atoms with Crippen LogP contribution in [0.4, 0.5) is 0 Å². The SMILES string of the molecule is CC(=O)OCCc1c(I)cc(I)c(C(N)=O)c1I. The third-order valence-corrected chi connectivity index (χ3v) is 5.17. The number of carbonyl (C=O) groups is 2. The van der Waals surface area contributed by atoms with Gasteiger partial charge in [-0.1, -0.05) is 0 Å². The maximum Gasteiger partial charge on any atom is 0.302 e. The number of rotatable bonds is 4. The van der Waals surface area contributed by atoms with Gasteiger partial charge in [-0.25, -0.2) is 0 Å². The van der Waals surface area contributed by atoms with E-state index in [1.165, 1.54) is 6.92 Å². The highest BCUT2D eigenvalue weighted by atomic mass is 127. The van der Waals surface area contributed by atoms with Crippen LogP contribution in [0.1, 0.15) is 22.8 Å². The van der Waals surface area contributed by atoms with E-state index in [4.69, 9.17) is 10.5 Å². The lowest BCUT2D eigenvalue weighted by Crippen LogP contribution is -2.17. The first kappa shape index (κ1) is 16.4. The number of hydrogen-bond acceptors (Lipinski definition) is 3. The summed E-state index contributed by atoms with van der Waals surface area (Å²) >= 11 is 6.42. The normalized spacial score (nSPS) is 10.2. The molecule has 98 valence electrons. The summed E-state index contributed by atoms with van der Waals surface area (Å²) in [4.78, 5) is 22.1. The zero-order valence-corrected chi connectivity index (χ0v) is 15.9. The molecule has 0 aliphatic carbocycles. The fourth-order valence-corrected chi connectivity index (χ4v) is 5.83. The summed E-state index contributed by atoms with van der Waals surface area (Å²) in [7, 11) is 0. The molecule has 0 bridgehead atoms. The van der Waals surface area contributed by atoms with Crippen LogP contribution < -0.4 is 5.73 Å². The van der Waals surface area contributed by atoms with E-state index in [1.54, 1.807) is 0 Å². The Balaban J connectivity index is 3.07. The molecular formula is C11H10I3NO3. The number of carbonyl (C=O) groups excluding carboxylic acids is 2. The number of primary amides is 1. The molecule has 0 aliphatic heterocycles. The Morgan fingerprint density at radius 3 is 2.39 bits per heavy atom.